The highest BCUT2D eigenvalue weighted by atomic mass is 19.3. The second-order valence-corrected chi connectivity index (χ2v) is 8.57. The van der Waals surface area contributed by atoms with E-state index in [1.165, 1.54) is 25.1 Å². The first-order valence-electron chi connectivity index (χ1n) is 11.6. The number of benzene rings is 2. The van der Waals surface area contributed by atoms with Crippen molar-refractivity contribution in [2.45, 2.75) is 19.5 Å². The van der Waals surface area contributed by atoms with Crippen molar-refractivity contribution in [3.05, 3.63) is 65.6 Å². The van der Waals surface area contributed by atoms with Gasteiger partial charge in [-0.2, -0.15) is 0 Å². The second kappa shape index (κ2) is 10.9. The van der Waals surface area contributed by atoms with Crippen LogP contribution in [0.4, 0.5) is 29.5 Å². The third-order valence-electron chi connectivity index (χ3n) is 6.31. The predicted molar refractivity (Wildman–Crippen MR) is 130 cm³/mol. The summed E-state index contributed by atoms with van der Waals surface area (Å²) in [7, 11) is 1.52. The highest BCUT2D eigenvalue weighted by Crippen LogP contribution is 2.38. The van der Waals surface area contributed by atoms with E-state index in [-0.39, 0.29) is 22.7 Å². The number of alkyl halides is 2. The van der Waals surface area contributed by atoms with Crippen molar-refractivity contribution in [2.24, 2.45) is 0 Å². The average Bonchev–Trinajstić information content (AvgIpc) is 2.89. The molecular weight excluding hydrogens is 489 g/mol. The maximum atomic E-state index is 13.8. The number of carbonyl (C=O) groups excluding carboxylic acids is 1. The van der Waals surface area contributed by atoms with Crippen LogP contribution in [0.2, 0.25) is 0 Å². The number of carbonyl (C=O) groups is 1. The van der Waals surface area contributed by atoms with Gasteiger partial charge in [0.25, 0.3) is 6.43 Å². The van der Waals surface area contributed by atoms with Crippen molar-refractivity contribution < 1.29 is 32.5 Å². The van der Waals surface area contributed by atoms with Gasteiger partial charge < -0.3 is 34.9 Å². The topological polar surface area (TPSA) is 104 Å². The highest BCUT2D eigenvalue weighted by Gasteiger charge is 2.22. The van der Waals surface area contributed by atoms with Crippen LogP contribution in [0.25, 0.3) is 11.1 Å². The van der Waals surface area contributed by atoms with E-state index in [1.807, 2.05) is 23.1 Å². The van der Waals surface area contributed by atoms with Crippen molar-refractivity contribution in [3.63, 3.8) is 0 Å². The van der Waals surface area contributed by atoms with Crippen LogP contribution < -0.4 is 25.2 Å². The number of methoxy groups -OCH3 is 1. The van der Waals surface area contributed by atoms with Crippen LogP contribution in [-0.2, 0) is 0 Å². The Labute approximate surface area is 212 Å². The quantitative estimate of drug-likeness (QED) is 0.507. The third-order valence-corrected chi connectivity index (χ3v) is 6.31. The number of nitrogens with two attached hydrogens (primary N) is 1. The number of halogens is 3. The Morgan fingerprint density at radius 2 is 1.78 bits per heavy atom. The van der Waals surface area contributed by atoms with E-state index in [9.17, 15) is 23.1 Å². The molecule has 196 valence electrons. The van der Waals surface area contributed by atoms with E-state index in [4.69, 9.17) is 15.2 Å². The van der Waals surface area contributed by atoms with Gasteiger partial charge >= 0.3 is 0 Å². The van der Waals surface area contributed by atoms with Crippen molar-refractivity contribution in [3.8, 4) is 22.6 Å². The standard InChI is InChI=1S/C26H27F3N4O4/c1-15(21-12-17(27)3-5-20(21)24(28)29)37-23-11-16(14-31-25(23)30)19-6-4-18(13-22(19)36-2)32-7-9-33(10-8-32)26(34)35/h3-6,11-15,24H,7-10H2,1-2H3,(H2,30,31)(H,34,35)/p-1. The average molecular weight is 516 g/mol. The monoisotopic (exact) mass is 515 g/mol. The number of carboxylic acid groups (broad SMARTS) is 1. The lowest BCUT2D eigenvalue weighted by Crippen LogP contribution is -2.52. The molecule has 1 amide bonds. The van der Waals surface area contributed by atoms with Crippen LogP contribution in [0.3, 0.4) is 0 Å². The summed E-state index contributed by atoms with van der Waals surface area (Å²) in [6.07, 6.45) is -3.37. The summed E-state index contributed by atoms with van der Waals surface area (Å²) < 4.78 is 52.2. The molecule has 4 rings (SSSR count). The Bertz CT molecular complexity index is 1280. The summed E-state index contributed by atoms with van der Waals surface area (Å²) in [5.74, 6) is 0.0852. The maximum absolute atomic E-state index is 13.8. The minimum atomic E-state index is -2.80. The molecule has 2 aromatic carbocycles. The summed E-state index contributed by atoms with van der Waals surface area (Å²) in [5, 5.41) is 11.1. The molecule has 2 heterocycles. The number of ether oxygens (including phenoxy) is 2. The van der Waals surface area contributed by atoms with Gasteiger partial charge in [0.15, 0.2) is 11.6 Å². The lowest BCUT2D eigenvalue weighted by atomic mass is 10.0. The summed E-state index contributed by atoms with van der Waals surface area (Å²) in [6.45, 7) is 3.23. The summed E-state index contributed by atoms with van der Waals surface area (Å²) in [4.78, 5) is 18.6. The van der Waals surface area contributed by atoms with Gasteiger partial charge in [-0.05, 0) is 37.3 Å². The molecule has 1 saturated heterocycles. The molecule has 8 nitrogen and oxygen atoms in total. The largest absolute Gasteiger partial charge is 0.530 e. The Morgan fingerprint density at radius 3 is 2.43 bits per heavy atom. The number of piperazine rings is 1. The van der Waals surface area contributed by atoms with Crippen LogP contribution >= 0.6 is 0 Å². The maximum Gasteiger partial charge on any atom is 0.264 e. The fourth-order valence-electron chi connectivity index (χ4n) is 4.31. The number of hydrogen-bond donors (Lipinski definition) is 1. The zero-order valence-corrected chi connectivity index (χ0v) is 20.3. The summed E-state index contributed by atoms with van der Waals surface area (Å²) >= 11 is 0. The fraction of sp³-hybridized carbons (Fsp3) is 0.308. The van der Waals surface area contributed by atoms with Crippen molar-refractivity contribution in [1.82, 2.24) is 9.88 Å². The Morgan fingerprint density at radius 1 is 1.05 bits per heavy atom. The number of anilines is 2. The highest BCUT2D eigenvalue weighted by molar-refractivity contribution is 5.75. The molecule has 0 saturated carbocycles. The molecule has 1 aromatic heterocycles. The molecule has 0 radical (unpaired) electrons. The molecule has 0 spiro atoms. The number of hydrogen-bond acceptors (Lipinski definition) is 7. The van der Waals surface area contributed by atoms with E-state index in [0.717, 1.165) is 23.9 Å². The van der Waals surface area contributed by atoms with E-state index in [1.54, 1.807) is 6.07 Å². The van der Waals surface area contributed by atoms with Gasteiger partial charge in [0.2, 0.25) is 0 Å². The lowest BCUT2D eigenvalue weighted by molar-refractivity contribution is -0.265. The minimum absolute atomic E-state index is 0.0144. The first-order valence-corrected chi connectivity index (χ1v) is 11.6. The summed E-state index contributed by atoms with van der Waals surface area (Å²) in [6, 6.07) is 10.2. The van der Waals surface area contributed by atoms with Gasteiger partial charge in [0.05, 0.1) is 7.11 Å². The number of nitrogens with zero attached hydrogens (tertiary/aromatic N) is 3. The van der Waals surface area contributed by atoms with E-state index < -0.39 is 24.4 Å². The molecule has 1 atom stereocenters. The van der Waals surface area contributed by atoms with Crippen LogP contribution in [0, 0.1) is 5.82 Å². The minimum Gasteiger partial charge on any atom is -0.530 e. The summed E-state index contributed by atoms with van der Waals surface area (Å²) in [5.41, 5.74) is 7.84. The molecule has 2 N–H and O–H groups in total. The van der Waals surface area contributed by atoms with Crippen LogP contribution in [0.1, 0.15) is 30.6 Å². The van der Waals surface area contributed by atoms with Crippen molar-refractivity contribution >= 4 is 17.6 Å². The van der Waals surface area contributed by atoms with Crippen LogP contribution in [-0.4, -0.2) is 49.3 Å². The molecule has 0 aliphatic carbocycles. The molecule has 37 heavy (non-hydrogen) atoms. The first-order chi connectivity index (χ1) is 17.7. The fourth-order valence-corrected chi connectivity index (χ4v) is 4.31. The number of amides is 1. The molecule has 3 aromatic rings. The van der Waals surface area contributed by atoms with Crippen LogP contribution in [0.15, 0.2) is 48.7 Å². The van der Waals surface area contributed by atoms with E-state index in [0.29, 0.717) is 43.1 Å². The number of nitrogen functional groups attached to an aromatic ring is 1. The number of aromatic nitrogens is 1. The first kappa shape index (κ1) is 25.9. The Balaban J connectivity index is 1.59. The third kappa shape index (κ3) is 5.65. The Kier molecular flexibility index (Phi) is 7.61. The second-order valence-electron chi connectivity index (χ2n) is 8.57. The van der Waals surface area contributed by atoms with Crippen molar-refractivity contribution in [1.29, 1.82) is 0 Å². The van der Waals surface area contributed by atoms with Gasteiger partial charge in [-0.1, -0.05) is 6.07 Å². The predicted octanol–water partition coefficient (Wildman–Crippen LogP) is 4.02. The number of rotatable bonds is 7. The molecule has 1 aliphatic rings. The molecule has 0 bridgehead atoms. The molecular formula is C26H26F3N4O4-. The van der Waals surface area contributed by atoms with Gasteiger partial charge in [-0.25, -0.2) is 18.2 Å². The zero-order chi connectivity index (χ0) is 26.7. The zero-order valence-electron chi connectivity index (χ0n) is 20.3. The normalized spacial score (nSPS) is 14.5. The van der Waals surface area contributed by atoms with Crippen molar-refractivity contribution in [2.75, 3.05) is 43.9 Å². The lowest BCUT2D eigenvalue weighted by Gasteiger charge is -2.37. The van der Waals surface area contributed by atoms with Gasteiger partial charge in [0, 0.05) is 66.4 Å². The number of pyridine rings is 1. The van der Waals surface area contributed by atoms with E-state index in [2.05, 4.69) is 4.98 Å². The smallest absolute Gasteiger partial charge is 0.264 e. The van der Waals surface area contributed by atoms with Crippen LogP contribution in [0.5, 0.6) is 11.5 Å². The molecule has 1 aliphatic heterocycles. The van der Waals surface area contributed by atoms with Gasteiger partial charge in [0.1, 0.15) is 23.8 Å². The molecule has 1 fully saturated rings. The van der Waals surface area contributed by atoms with Gasteiger partial charge in [-0.3, -0.25) is 0 Å². The van der Waals surface area contributed by atoms with Gasteiger partial charge in [-0.15, -0.1) is 0 Å². The SMILES string of the molecule is COc1cc(N2CCN(C(=O)[O-])CC2)ccc1-c1cnc(N)c(OC(C)c2cc(F)ccc2C(F)F)c1. The molecule has 11 heteroatoms. The molecule has 1 unspecified atom stereocenters. The Hall–Kier alpha value is -4.15. The van der Waals surface area contributed by atoms with E-state index >= 15 is 0 Å².